The summed E-state index contributed by atoms with van der Waals surface area (Å²) in [6, 6.07) is 17.7. The molecule has 0 saturated carbocycles. The first-order chi connectivity index (χ1) is 15.3. The molecule has 4 aromatic rings. The van der Waals surface area contributed by atoms with Gasteiger partial charge < -0.3 is 14.1 Å². The molecule has 8 heteroatoms. The summed E-state index contributed by atoms with van der Waals surface area (Å²) >= 11 is 1.24. The average molecular weight is 433 g/mol. The molecule has 5 rings (SSSR count). The van der Waals surface area contributed by atoms with Crippen LogP contribution in [0.25, 0.3) is 10.9 Å². The zero-order valence-electron chi connectivity index (χ0n) is 16.7. The monoisotopic (exact) mass is 432 g/mol. The minimum absolute atomic E-state index is 0.0370. The van der Waals surface area contributed by atoms with E-state index >= 15 is 0 Å². The van der Waals surface area contributed by atoms with Crippen LogP contribution in [-0.2, 0) is 17.8 Å². The van der Waals surface area contributed by atoms with Crippen molar-refractivity contribution in [2.45, 2.75) is 24.7 Å². The van der Waals surface area contributed by atoms with Gasteiger partial charge in [0.15, 0.2) is 6.61 Å². The maximum Gasteiger partial charge on any atom is 0.277 e. The van der Waals surface area contributed by atoms with E-state index in [1.165, 1.54) is 17.3 Å². The summed E-state index contributed by atoms with van der Waals surface area (Å²) in [5.41, 5.74) is 3.00. The number of aromatic nitrogens is 3. The molecule has 31 heavy (non-hydrogen) atoms. The van der Waals surface area contributed by atoms with Crippen LogP contribution < -0.4 is 9.64 Å². The fraction of sp³-hybridized carbons (Fsp3) is 0.217. The molecule has 0 atom stereocenters. The molecule has 2 aromatic carbocycles. The number of benzene rings is 2. The number of thioether (sulfide) groups is 1. The van der Waals surface area contributed by atoms with Gasteiger partial charge in [-0.15, -0.1) is 10.2 Å². The van der Waals surface area contributed by atoms with E-state index in [0.29, 0.717) is 16.9 Å². The first-order valence-corrected chi connectivity index (χ1v) is 11.1. The predicted molar refractivity (Wildman–Crippen MR) is 118 cm³/mol. The van der Waals surface area contributed by atoms with Gasteiger partial charge in [0.05, 0.1) is 5.75 Å². The van der Waals surface area contributed by atoms with Crippen LogP contribution in [0.1, 0.15) is 17.9 Å². The van der Waals surface area contributed by atoms with Crippen molar-refractivity contribution in [1.29, 1.82) is 0 Å². The standard InChI is InChI=1S/C23H20N4O3S/c28-21(27-13-5-9-16-6-1-2-10-18(16)27)15-31-23-26-25-20(30-23)14-29-19-11-3-7-17-8-4-12-24-22(17)19/h1-4,6-8,10-12H,5,9,13-15H2. The Labute approximate surface area is 183 Å². The first kappa shape index (κ1) is 19.6. The molecule has 156 valence electrons. The summed E-state index contributed by atoms with van der Waals surface area (Å²) in [7, 11) is 0. The zero-order chi connectivity index (χ0) is 21.0. The number of hydrogen-bond acceptors (Lipinski definition) is 7. The minimum Gasteiger partial charge on any atom is -0.482 e. The lowest BCUT2D eigenvalue weighted by atomic mass is 10.0. The summed E-state index contributed by atoms with van der Waals surface area (Å²) in [4.78, 5) is 19.0. The zero-order valence-corrected chi connectivity index (χ0v) is 17.5. The van der Waals surface area contributed by atoms with Crippen LogP contribution in [0.5, 0.6) is 5.75 Å². The van der Waals surface area contributed by atoms with E-state index in [1.54, 1.807) is 6.20 Å². The minimum atomic E-state index is 0.0370. The second-order valence-electron chi connectivity index (χ2n) is 7.15. The first-order valence-electron chi connectivity index (χ1n) is 10.1. The summed E-state index contributed by atoms with van der Waals surface area (Å²) in [5.74, 6) is 1.29. The van der Waals surface area contributed by atoms with Crippen LogP contribution in [0.4, 0.5) is 5.69 Å². The van der Waals surface area contributed by atoms with Crippen molar-refractivity contribution in [3.8, 4) is 5.75 Å². The molecule has 1 amide bonds. The SMILES string of the molecule is O=C(CSc1nnc(COc2cccc3cccnc23)o1)N1CCCc2ccccc21. The van der Waals surface area contributed by atoms with Crippen molar-refractivity contribution in [3.05, 3.63) is 72.2 Å². The quantitative estimate of drug-likeness (QED) is 0.421. The maximum atomic E-state index is 12.8. The molecule has 1 aliphatic heterocycles. The summed E-state index contributed by atoms with van der Waals surface area (Å²) in [5, 5.41) is 9.42. The fourth-order valence-electron chi connectivity index (χ4n) is 3.68. The number of ether oxygens (including phenoxy) is 1. The molecule has 2 aromatic heterocycles. The molecule has 0 unspecified atom stereocenters. The average Bonchev–Trinajstić information content (AvgIpc) is 3.28. The van der Waals surface area contributed by atoms with E-state index in [2.05, 4.69) is 21.2 Å². The van der Waals surface area contributed by atoms with Crippen molar-refractivity contribution in [3.63, 3.8) is 0 Å². The molecular weight excluding hydrogens is 412 g/mol. The molecule has 1 aliphatic rings. The number of fused-ring (bicyclic) bond motifs is 2. The van der Waals surface area contributed by atoms with Gasteiger partial charge in [0, 0.05) is 23.8 Å². The molecule has 0 aliphatic carbocycles. The Hall–Kier alpha value is -3.39. The van der Waals surface area contributed by atoms with Crippen LogP contribution in [0, 0.1) is 0 Å². The second-order valence-corrected chi connectivity index (χ2v) is 8.07. The van der Waals surface area contributed by atoms with E-state index in [1.807, 2.05) is 53.4 Å². The van der Waals surface area contributed by atoms with Gasteiger partial charge in [0.1, 0.15) is 11.3 Å². The van der Waals surface area contributed by atoms with Crippen molar-refractivity contribution >= 4 is 34.3 Å². The van der Waals surface area contributed by atoms with E-state index in [9.17, 15) is 4.79 Å². The summed E-state index contributed by atoms with van der Waals surface area (Å²) in [6.45, 7) is 0.870. The highest BCUT2D eigenvalue weighted by atomic mass is 32.2. The Balaban J connectivity index is 1.19. The van der Waals surface area contributed by atoms with Crippen LogP contribution >= 0.6 is 11.8 Å². The number of nitrogens with zero attached hydrogens (tertiary/aromatic N) is 4. The van der Waals surface area contributed by atoms with E-state index in [-0.39, 0.29) is 18.3 Å². The number of para-hydroxylation sites is 2. The molecule has 0 saturated heterocycles. The lowest BCUT2D eigenvalue weighted by molar-refractivity contribution is -0.116. The maximum absolute atomic E-state index is 12.8. The molecule has 0 spiro atoms. The Bertz CT molecular complexity index is 1220. The third-order valence-corrected chi connectivity index (χ3v) is 5.93. The predicted octanol–water partition coefficient (Wildman–Crippen LogP) is 4.27. The summed E-state index contributed by atoms with van der Waals surface area (Å²) < 4.78 is 11.5. The van der Waals surface area contributed by atoms with Crippen molar-refractivity contribution < 1.29 is 13.9 Å². The molecule has 7 nitrogen and oxygen atoms in total. The lowest BCUT2D eigenvalue weighted by Gasteiger charge is -2.29. The number of carbonyl (C=O) groups is 1. The topological polar surface area (TPSA) is 81.3 Å². The highest BCUT2D eigenvalue weighted by Crippen LogP contribution is 2.28. The van der Waals surface area contributed by atoms with E-state index in [0.717, 1.165) is 36.0 Å². The second kappa shape index (κ2) is 8.77. The third kappa shape index (κ3) is 4.25. The van der Waals surface area contributed by atoms with Gasteiger partial charge >= 0.3 is 0 Å². The van der Waals surface area contributed by atoms with Gasteiger partial charge in [-0.05, 0) is 36.6 Å². The van der Waals surface area contributed by atoms with Gasteiger partial charge in [-0.2, -0.15) is 0 Å². The Morgan fingerprint density at radius 3 is 2.97 bits per heavy atom. The van der Waals surface area contributed by atoms with Gasteiger partial charge in [-0.1, -0.05) is 48.2 Å². The van der Waals surface area contributed by atoms with Crippen LogP contribution in [-0.4, -0.2) is 33.4 Å². The molecule has 0 bridgehead atoms. The number of aryl methyl sites for hydroxylation is 1. The number of hydrogen-bond donors (Lipinski definition) is 0. The highest BCUT2D eigenvalue weighted by molar-refractivity contribution is 7.99. The molecule has 3 heterocycles. The number of carbonyl (C=O) groups excluding carboxylic acids is 1. The van der Waals surface area contributed by atoms with Crippen molar-refractivity contribution in [2.24, 2.45) is 0 Å². The normalized spacial score (nSPS) is 13.2. The van der Waals surface area contributed by atoms with Gasteiger partial charge in [-0.3, -0.25) is 9.78 Å². The van der Waals surface area contributed by atoms with E-state index < -0.39 is 0 Å². The third-order valence-electron chi connectivity index (χ3n) is 5.13. The van der Waals surface area contributed by atoms with Gasteiger partial charge in [-0.25, -0.2) is 0 Å². The molecule has 0 N–H and O–H groups in total. The molecular formula is C23H20N4O3S. The van der Waals surface area contributed by atoms with Crippen LogP contribution in [0.15, 0.2) is 70.4 Å². The van der Waals surface area contributed by atoms with Crippen molar-refractivity contribution in [1.82, 2.24) is 15.2 Å². The summed E-state index contributed by atoms with van der Waals surface area (Å²) in [6.07, 6.45) is 3.71. The number of anilines is 1. The Morgan fingerprint density at radius 2 is 2.00 bits per heavy atom. The van der Waals surface area contributed by atoms with Gasteiger partial charge in [0.25, 0.3) is 11.1 Å². The Morgan fingerprint density at radius 1 is 1.10 bits per heavy atom. The number of pyridine rings is 1. The lowest BCUT2D eigenvalue weighted by Crippen LogP contribution is -2.36. The van der Waals surface area contributed by atoms with Crippen LogP contribution in [0.2, 0.25) is 0 Å². The smallest absolute Gasteiger partial charge is 0.277 e. The number of amides is 1. The highest BCUT2D eigenvalue weighted by Gasteiger charge is 2.22. The van der Waals surface area contributed by atoms with Gasteiger partial charge in [0.2, 0.25) is 5.91 Å². The number of rotatable bonds is 6. The Kier molecular flexibility index (Phi) is 5.54. The van der Waals surface area contributed by atoms with E-state index in [4.69, 9.17) is 9.15 Å². The molecule has 0 fully saturated rings. The van der Waals surface area contributed by atoms with Crippen molar-refractivity contribution in [2.75, 3.05) is 17.2 Å². The fourth-order valence-corrected chi connectivity index (χ4v) is 4.34. The van der Waals surface area contributed by atoms with Crippen LogP contribution in [0.3, 0.4) is 0 Å². The largest absolute Gasteiger partial charge is 0.482 e. The molecule has 0 radical (unpaired) electrons.